The Morgan fingerprint density at radius 2 is 2.16 bits per heavy atom. The molecule has 0 aromatic carbocycles. The highest BCUT2D eigenvalue weighted by Crippen LogP contribution is 2.34. The van der Waals surface area contributed by atoms with E-state index < -0.39 is 0 Å². The Morgan fingerprint density at radius 1 is 1.32 bits per heavy atom. The molecule has 1 aromatic rings. The van der Waals surface area contributed by atoms with Gasteiger partial charge in [0.2, 0.25) is 0 Å². The van der Waals surface area contributed by atoms with Gasteiger partial charge in [-0.3, -0.25) is 4.99 Å². The van der Waals surface area contributed by atoms with Crippen LogP contribution < -0.4 is 5.32 Å². The van der Waals surface area contributed by atoms with E-state index >= 15 is 0 Å². The number of rotatable bonds is 2. The Kier molecular flexibility index (Phi) is 3.85. The number of aromatic nitrogens is 1. The molecule has 3 rings (SSSR count). The van der Waals surface area contributed by atoms with Crippen molar-refractivity contribution in [1.82, 2.24) is 10.3 Å². The SMILES string of the molecule is CC(C)(NC1=NC2CCCCC2CS1)c1nccs1. The van der Waals surface area contributed by atoms with Crippen LogP contribution in [0.4, 0.5) is 0 Å². The molecule has 1 aromatic heterocycles. The minimum absolute atomic E-state index is 0.124. The molecule has 19 heavy (non-hydrogen) atoms. The third-order valence-electron chi connectivity index (χ3n) is 3.97. The molecule has 1 fully saturated rings. The third-order valence-corrected chi connectivity index (χ3v) is 6.15. The summed E-state index contributed by atoms with van der Waals surface area (Å²) in [6.45, 7) is 4.36. The van der Waals surface area contributed by atoms with Gasteiger partial charge >= 0.3 is 0 Å². The molecule has 5 heteroatoms. The predicted molar refractivity (Wildman–Crippen MR) is 83.9 cm³/mol. The number of fused-ring (bicyclic) bond motifs is 1. The molecule has 0 spiro atoms. The molecule has 0 radical (unpaired) electrons. The molecule has 0 saturated heterocycles. The van der Waals surface area contributed by atoms with E-state index in [0.29, 0.717) is 6.04 Å². The summed E-state index contributed by atoms with van der Waals surface area (Å²) in [4.78, 5) is 9.37. The van der Waals surface area contributed by atoms with Crippen LogP contribution in [0.15, 0.2) is 16.6 Å². The zero-order chi connectivity index (χ0) is 13.3. The van der Waals surface area contributed by atoms with Gasteiger partial charge in [-0.05, 0) is 32.6 Å². The number of hydrogen-bond acceptors (Lipinski definition) is 5. The molecular weight excluding hydrogens is 274 g/mol. The monoisotopic (exact) mass is 295 g/mol. The maximum atomic E-state index is 4.94. The minimum atomic E-state index is -0.124. The molecule has 0 amide bonds. The van der Waals surface area contributed by atoms with E-state index in [1.54, 1.807) is 11.3 Å². The molecule has 1 N–H and O–H groups in total. The summed E-state index contributed by atoms with van der Waals surface area (Å²) in [5.74, 6) is 2.04. The Hall–Kier alpha value is -0.550. The standard InChI is InChI=1S/C14H21N3S2/c1-14(2,12-15-7-8-18-12)17-13-16-11-6-4-3-5-10(11)9-19-13/h7-8,10-11H,3-6,9H2,1-2H3,(H,16,17). The van der Waals surface area contributed by atoms with Crippen LogP contribution >= 0.6 is 23.1 Å². The first-order valence-electron chi connectivity index (χ1n) is 7.04. The average Bonchev–Trinajstić information content (AvgIpc) is 2.93. The van der Waals surface area contributed by atoms with Crippen LogP contribution in [0.2, 0.25) is 0 Å². The minimum Gasteiger partial charge on any atom is -0.354 e. The fourth-order valence-electron chi connectivity index (χ4n) is 2.85. The van der Waals surface area contributed by atoms with E-state index in [0.717, 1.165) is 16.1 Å². The van der Waals surface area contributed by atoms with Gasteiger partial charge in [0.05, 0.1) is 11.6 Å². The molecule has 2 unspecified atom stereocenters. The lowest BCUT2D eigenvalue weighted by atomic mass is 9.86. The van der Waals surface area contributed by atoms with Crippen LogP contribution in [-0.4, -0.2) is 21.9 Å². The quantitative estimate of drug-likeness (QED) is 0.905. The molecular formula is C14H21N3S2. The van der Waals surface area contributed by atoms with E-state index in [1.807, 2.05) is 23.3 Å². The number of thiazole rings is 1. The lowest BCUT2D eigenvalue weighted by Crippen LogP contribution is -2.43. The molecule has 1 aliphatic carbocycles. The second-order valence-corrected chi connectivity index (χ2v) is 7.85. The topological polar surface area (TPSA) is 37.3 Å². The number of thioether (sulfide) groups is 1. The fraction of sp³-hybridized carbons (Fsp3) is 0.714. The van der Waals surface area contributed by atoms with Gasteiger partial charge in [0, 0.05) is 17.3 Å². The first-order chi connectivity index (χ1) is 9.15. The van der Waals surface area contributed by atoms with Crippen LogP contribution in [0.3, 0.4) is 0 Å². The normalized spacial score (nSPS) is 27.6. The summed E-state index contributed by atoms with van der Waals surface area (Å²) >= 11 is 3.59. The number of nitrogens with zero attached hydrogens (tertiary/aromatic N) is 2. The number of aliphatic imine (C=N–C) groups is 1. The lowest BCUT2D eigenvalue weighted by Gasteiger charge is -2.35. The van der Waals surface area contributed by atoms with Crippen molar-refractivity contribution in [2.75, 3.05) is 5.75 Å². The highest BCUT2D eigenvalue weighted by atomic mass is 32.2. The second-order valence-electron chi connectivity index (χ2n) is 5.94. The van der Waals surface area contributed by atoms with Crippen molar-refractivity contribution in [1.29, 1.82) is 0 Å². The van der Waals surface area contributed by atoms with Crippen molar-refractivity contribution in [2.24, 2.45) is 10.9 Å². The summed E-state index contributed by atoms with van der Waals surface area (Å²) in [5, 5.41) is 7.87. The van der Waals surface area contributed by atoms with Crippen LogP contribution in [0.5, 0.6) is 0 Å². The zero-order valence-electron chi connectivity index (χ0n) is 11.6. The van der Waals surface area contributed by atoms with E-state index in [2.05, 4.69) is 24.1 Å². The summed E-state index contributed by atoms with van der Waals surface area (Å²) in [7, 11) is 0. The van der Waals surface area contributed by atoms with E-state index in [9.17, 15) is 0 Å². The van der Waals surface area contributed by atoms with Gasteiger partial charge in [0.1, 0.15) is 5.01 Å². The zero-order valence-corrected chi connectivity index (χ0v) is 13.2. The third kappa shape index (κ3) is 2.97. The van der Waals surface area contributed by atoms with Gasteiger partial charge < -0.3 is 5.32 Å². The first kappa shape index (κ1) is 13.4. The van der Waals surface area contributed by atoms with Crippen molar-refractivity contribution in [3.8, 4) is 0 Å². The van der Waals surface area contributed by atoms with Crippen molar-refractivity contribution >= 4 is 28.3 Å². The summed E-state index contributed by atoms with van der Waals surface area (Å²) in [6.07, 6.45) is 7.25. The molecule has 1 aliphatic heterocycles. The summed E-state index contributed by atoms with van der Waals surface area (Å²) < 4.78 is 0. The molecule has 2 atom stereocenters. The van der Waals surface area contributed by atoms with Crippen LogP contribution in [-0.2, 0) is 5.54 Å². The second kappa shape index (κ2) is 5.44. The number of amidine groups is 1. The van der Waals surface area contributed by atoms with E-state index in [1.165, 1.54) is 31.4 Å². The molecule has 1 saturated carbocycles. The summed E-state index contributed by atoms with van der Waals surface area (Å²) in [5.41, 5.74) is -0.124. The molecule has 104 valence electrons. The van der Waals surface area contributed by atoms with Gasteiger partial charge in [-0.2, -0.15) is 0 Å². The van der Waals surface area contributed by atoms with Crippen molar-refractivity contribution in [3.63, 3.8) is 0 Å². The van der Waals surface area contributed by atoms with Gasteiger partial charge in [-0.15, -0.1) is 11.3 Å². The summed E-state index contributed by atoms with van der Waals surface area (Å²) in [6, 6.07) is 0.560. The molecule has 2 heterocycles. The Labute approximate surface area is 123 Å². The van der Waals surface area contributed by atoms with Gasteiger partial charge in [-0.1, -0.05) is 24.6 Å². The first-order valence-corrected chi connectivity index (χ1v) is 8.90. The molecule has 0 bridgehead atoms. The van der Waals surface area contributed by atoms with E-state index in [4.69, 9.17) is 4.99 Å². The number of hydrogen-bond donors (Lipinski definition) is 1. The molecule has 2 aliphatic rings. The smallest absolute Gasteiger partial charge is 0.157 e. The maximum Gasteiger partial charge on any atom is 0.157 e. The van der Waals surface area contributed by atoms with Crippen LogP contribution in [0, 0.1) is 5.92 Å². The van der Waals surface area contributed by atoms with Crippen LogP contribution in [0.25, 0.3) is 0 Å². The highest BCUT2D eigenvalue weighted by molar-refractivity contribution is 8.13. The van der Waals surface area contributed by atoms with Gasteiger partial charge in [-0.25, -0.2) is 4.98 Å². The average molecular weight is 295 g/mol. The number of nitrogens with one attached hydrogen (secondary N) is 1. The van der Waals surface area contributed by atoms with E-state index in [-0.39, 0.29) is 5.54 Å². The maximum absolute atomic E-state index is 4.94. The lowest BCUT2D eigenvalue weighted by molar-refractivity contribution is 0.334. The van der Waals surface area contributed by atoms with Crippen LogP contribution in [0.1, 0.15) is 44.5 Å². The fourth-order valence-corrected chi connectivity index (χ4v) is 4.86. The Morgan fingerprint density at radius 3 is 2.95 bits per heavy atom. The van der Waals surface area contributed by atoms with Crippen molar-refractivity contribution < 1.29 is 0 Å². The van der Waals surface area contributed by atoms with Crippen molar-refractivity contribution in [3.05, 3.63) is 16.6 Å². The van der Waals surface area contributed by atoms with Gasteiger partial charge in [0.15, 0.2) is 5.17 Å². The predicted octanol–water partition coefficient (Wildman–Crippen LogP) is 3.63. The Bertz CT molecular complexity index is 453. The Balaban J connectivity index is 1.71. The van der Waals surface area contributed by atoms with Gasteiger partial charge in [0.25, 0.3) is 0 Å². The molecule has 3 nitrogen and oxygen atoms in total. The van der Waals surface area contributed by atoms with Crippen molar-refractivity contribution in [2.45, 2.75) is 51.1 Å². The highest BCUT2D eigenvalue weighted by Gasteiger charge is 2.32. The largest absolute Gasteiger partial charge is 0.354 e.